The summed E-state index contributed by atoms with van der Waals surface area (Å²) >= 11 is 0. The van der Waals surface area contributed by atoms with E-state index < -0.39 is 0 Å². The van der Waals surface area contributed by atoms with Crippen LogP contribution in [0.1, 0.15) is 12.5 Å². The molecule has 0 aromatic heterocycles. The zero-order valence-electron chi connectivity index (χ0n) is 10.2. The second kappa shape index (κ2) is 6.10. The fraction of sp³-hybridized carbons (Fsp3) is 0.538. The van der Waals surface area contributed by atoms with Crippen molar-refractivity contribution in [1.29, 1.82) is 0 Å². The molecule has 3 nitrogen and oxygen atoms in total. The van der Waals surface area contributed by atoms with E-state index in [-0.39, 0.29) is 5.82 Å². The van der Waals surface area contributed by atoms with Crippen LogP contribution in [0.5, 0.6) is 0 Å². The summed E-state index contributed by atoms with van der Waals surface area (Å²) < 4.78 is 18.9. The molecular formula is C13H18FN2O. The van der Waals surface area contributed by atoms with E-state index in [1.807, 2.05) is 0 Å². The average Bonchev–Trinajstić information content (AvgIpc) is 2.39. The molecule has 1 heterocycles. The van der Waals surface area contributed by atoms with Crippen molar-refractivity contribution in [2.75, 3.05) is 32.8 Å². The maximum absolute atomic E-state index is 13.6. The van der Waals surface area contributed by atoms with Crippen LogP contribution in [0.3, 0.4) is 0 Å². The first-order valence-electron chi connectivity index (χ1n) is 6.03. The molecule has 0 unspecified atom stereocenters. The van der Waals surface area contributed by atoms with E-state index in [1.54, 1.807) is 12.1 Å². The van der Waals surface area contributed by atoms with Gasteiger partial charge in [-0.15, -0.1) is 0 Å². The molecule has 1 aliphatic heterocycles. The van der Waals surface area contributed by atoms with Gasteiger partial charge in [0, 0.05) is 31.7 Å². The molecule has 0 atom stereocenters. The van der Waals surface area contributed by atoms with Gasteiger partial charge in [-0.05, 0) is 18.2 Å². The van der Waals surface area contributed by atoms with Crippen molar-refractivity contribution in [2.45, 2.75) is 13.5 Å². The number of hydrazine groups is 1. The number of rotatable bonds is 4. The van der Waals surface area contributed by atoms with Gasteiger partial charge in [0.05, 0.1) is 13.2 Å². The molecule has 4 heteroatoms. The van der Waals surface area contributed by atoms with Crippen molar-refractivity contribution in [3.63, 3.8) is 0 Å². The number of morpholine rings is 1. The molecule has 0 saturated carbocycles. The summed E-state index contributed by atoms with van der Waals surface area (Å²) in [5.41, 5.74) is 0.695. The Hall–Kier alpha value is -0.970. The lowest BCUT2D eigenvalue weighted by Gasteiger charge is -2.36. The summed E-state index contributed by atoms with van der Waals surface area (Å²) in [6, 6.07) is 7.71. The highest BCUT2D eigenvalue weighted by molar-refractivity contribution is 5.16. The Kier molecular flexibility index (Phi) is 4.48. The van der Waals surface area contributed by atoms with Crippen LogP contribution >= 0.6 is 0 Å². The summed E-state index contributed by atoms with van der Waals surface area (Å²) in [5.74, 6) is -0.157. The van der Waals surface area contributed by atoms with Crippen molar-refractivity contribution in [3.8, 4) is 0 Å². The van der Waals surface area contributed by atoms with Crippen LogP contribution in [0.4, 0.5) is 4.39 Å². The minimum absolute atomic E-state index is 0.157. The van der Waals surface area contributed by atoms with E-state index in [4.69, 9.17) is 4.74 Å². The van der Waals surface area contributed by atoms with E-state index in [0.29, 0.717) is 12.1 Å². The van der Waals surface area contributed by atoms with E-state index in [1.165, 1.54) is 6.07 Å². The molecule has 1 aromatic carbocycles. The number of ether oxygens (including phenoxy) is 1. The Morgan fingerprint density at radius 1 is 1.47 bits per heavy atom. The molecule has 1 aromatic rings. The Morgan fingerprint density at radius 3 is 2.88 bits per heavy atom. The fourth-order valence-electron chi connectivity index (χ4n) is 2.01. The van der Waals surface area contributed by atoms with E-state index in [9.17, 15) is 4.39 Å². The molecule has 0 bridgehead atoms. The van der Waals surface area contributed by atoms with Gasteiger partial charge in [-0.3, -0.25) is 0 Å². The van der Waals surface area contributed by atoms with Gasteiger partial charge in [-0.1, -0.05) is 13.0 Å². The Balaban J connectivity index is 2.01. The molecule has 17 heavy (non-hydrogen) atoms. The first kappa shape index (κ1) is 12.5. The Labute approximate surface area is 102 Å². The van der Waals surface area contributed by atoms with Crippen molar-refractivity contribution in [1.82, 2.24) is 10.0 Å². The first-order chi connectivity index (χ1) is 8.31. The normalized spacial score (nSPS) is 17.6. The summed E-state index contributed by atoms with van der Waals surface area (Å²) in [6.45, 7) is 6.81. The zero-order valence-corrected chi connectivity index (χ0v) is 10.2. The van der Waals surface area contributed by atoms with Crippen LogP contribution in [-0.2, 0) is 11.3 Å². The molecule has 1 fully saturated rings. The van der Waals surface area contributed by atoms with Crippen molar-refractivity contribution < 1.29 is 9.13 Å². The van der Waals surface area contributed by atoms with Crippen LogP contribution in [0.2, 0.25) is 0 Å². The van der Waals surface area contributed by atoms with Gasteiger partial charge in [0.1, 0.15) is 5.82 Å². The lowest BCUT2D eigenvalue weighted by atomic mass is 10.2. The highest BCUT2D eigenvalue weighted by atomic mass is 19.1. The third kappa shape index (κ3) is 3.25. The minimum atomic E-state index is -0.157. The molecule has 1 radical (unpaired) electrons. The quantitative estimate of drug-likeness (QED) is 0.792. The van der Waals surface area contributed by atoms with E-state index in [2.05, 4.69) is 23.0 Å². The molecule has 0 N–H and O–H groups in total. The summed E-state index contributed by atoms with van der Waals surface area (Å²) in [7, 11) is 0. The zero-order chi connectivity index (χ0) is 12.1. The minimum Gasteiger partial charge on any atom is -0.379 e. The third-order valence-corrected chi connectivity index (χ3v) is 3.00. The van der Waals surface area contributed by atoms with Crippen molar-refractivity contribution >= 4 is 0 Å². The lowest BCUT2D eigenvalue weighted by molar-refractivity contribution is -0.0930. The van der Waals surface area contributed by atoms with Gasteiger partial charge in [-0.25, -0.2) is 14.4 Å². The van der Waals surface area contributed by atoms with E-state index >= 15 is 0 Å². The van der Waals surface area contributed by atoms with Gasteiger partial charge in [0.2, 0.25) is 0 Å². The Bertz CT molecular complexity index is 353. The lowest BCUT2D eigenvalue weighted by Crippen LogP contribution is -2.48. The number of hydrogen-bond donors (Lipinski definition) is 0. The maximum atomic E-state index is 13.6. The van der Waals surface area contributed by atoms with Gasteiger partial charge in [-0.2, -0.15) is 0 Å². The second-order valence-corrected chi connectivity index (χ2v) is 4.06. The van der Waals surface area contributed by atoms with Crippen LogP contribution in [-0.4, -0.2) is 42.9 Å². The standard InChI is InChI=1S/C13H18FN2O/c1-2-15(16-7-9-17-10-8-16)11-12-5-3-4-6-13(12)14/h4-6H,2,7-11H2,1H3. The smallest absolute Gasteiger partial charge is 0.127 e. The fourth-order valence-corrected chi connectivity index (χ4v) is 2.01. The summed E-state index contributed by atoms with van der Waals surface area (Å²) in [5, 5.41) is 4.39. The number of hydrogen-bond acceptors (Lipinski definition) is 3. The average molecular weight is 237 g/mol. The molecule has 0 spiro atoms. The SMILES string of the molecule is CCN(Cc1c[c]ccc1F)N1CCOCC1. The first-order valence-corrected chi connectivity index (χ1v) is 6.03. The van der Waals surface area contributed by atoms with Crippen molar-refractivity contribution in [3.05, 3.63) is 35.6 Å². The summed E-state index contributed by atoms with van der Waals surface area (Å²) in [6.07, 6.45) is 0. The van der Waals surface area contributed by atoms with Crippen LogP contribution in [0, 0.1) is 11.9 Å². The van der Waals surface area contributed by atoms with Gasteiger partial charge < -0.3 is 4.74 Å². The summed E-state index contributed by atoms with van der Waals surface area (Å²) in [4.78, 5) is 0. The predicted octanol–water partition coefficient (Wildman–Crippen LogP) is 1.69. The van der Waals surface area contributed by atoms with E-state index in [0.717, 1.165) is 32.8 Å². The maximum Gasteiger partial charge on any atom is 0.127 e. The van der Waals surface area contributed by atoms with Crippen molar-refractivity contribution in [2.24, 2.45) is 0 Å². The molecule has 93 valence electrons. The molecule has 1 aliphatic rings. The second-order valence-electron chi connectivity index (χ2n) is 4.06. The molecular weight excluding hydrogens is 219 g/mol. The highest BCUT2D eigenvalue weighted by Crippen LogP contribution is 2.12. The third-order valence-electron chi connectivity index (χ3n) is 3.00. The number of nitrogens with zero attached hydrogens (tertiary/aromatic N) is 2. The van der Waals surface area contributed by atoms with Gasteiger partial charge in [0.25, 0.3) is 0 Å². The molecule has 0 amide bonds. The Morgan fingerprint density at radius 2 is 2.24 bits per heavy atom. The highest BCUT2D eigenvalue weighted by Gasteiger charge is 2.18. The predicted molar refractivity (Wildman–Crippen MR) is 63.7 cm³/mol. The van der Waals surface area contributed by atoms with Gasteiger partial charge >= 0.3 is 0 Å². The van der Waals surface area contributed by atoms with Crippen LogP contribution in [0.25, 0.3) is 0 Å². The molecule has 2 rings (SSSR count). The molecule has 0 aliphatic carbocycles. The number of benzene rings is 1. The molecule has 1 saturated heterocycles. The number of halogens is 1. The van der Waals surface area contributed by atoms with Crippen LogP contribution in [0.15, 0.2) is 18.2 Å². The van der Waals surface area contributed by atoms with Gasteiger partial charge in [0.15, 0.2) is 0 Å². The monoisotopic (exact) mass is 237 g/mol. The topological polar surface area (TPSA) is 15.7 Å². The largest absolute Gasteiger partial charge is 0.379 e. The van der Waals surface area contributed by atoms with Crippen LogP contribution < -0.4 is 0 Å².